The molecule has 0 bridgehead atoms. The minimum atomic E-state index is 0.158. The second-order valence-corrected chi connectivity index (χ2v) is 7.06. The van der Waals surface area contributed by atoms with Gasteiger partial charge in [0.25, 0.3) is 0 Å². The Bertz CT molecular complexity index is 299. The zero-order chi connectivity index (χ0) is 15.2. The molecule has 0 saturated heterocycles. The lowest BCUT2D eigenvalue weighted by Crippen LogP contribution is -2.41. The quantitative estimate of drug-likeness (QED) is 0.755. The van der Waals surface area contributed by atoms with Gasteiger partial charge in [0.15, 0.2) is 0 Å². The largest absolute Gasteiger partial charge is 0.379 e. The monoisotopic (exact) mass is 284 g/mol. The first kappa shape index (κ1) is 17.4. The van der Waals surface area contributed by atoms with E-state index in [0.717, 1.165) is 32.1 Å². The molecule has 20 heavy (non-hydrogen) atoms. The van der Waals surface area contributed by atoms with Crippen LogP contribution < -0.4 is 11.1 Å². The third-order valence-corrected chi connectivity index (χ3v) is 4.56. The molecule has 0 aromatic carbocycles. The second-order valence-electron chi connectivity index (χ2n) is 7.06. The van der Waals surface area contributed by atoms with E-state index in [4.69, 9.17) is 10.5 Å². The Labute approximate surface area is 123 Å². The molecule has 3 N–H and O–H groups in total. The molecule has 0 heterocycles. The molecule has 1 aliphatic carbocycles. The molecule has 0 radical (unpaired) electrons. The van der Waals surface area contributed by atoms with Gasteiger partial charge in [-0.1, -0.05) is 20.8 Å². The summed E-state index contributed by atoms with van der Waals surface area (Å²) < 4.78 is 5.41. The molecule has 1 rings (SSSR count). The number of carbonyl (C=O) groups is 1. The van der Waals surface area contributed by atoms with E-state index in [1.54, 1.807) is 7.11 Å². The normalized spacial score (nSPS) is 24.6. The molecule has 0 aromatic rings. The van der Waals surface area contributed by atoms with Crippen molar-refractivity contribution in [3.05, 3.63) is 0 Å². The van der Waals surface area contributed by atoms with E-state index in [0.29, 0.717) is 18.9 Å². The van der Waals surface area contributed by atoms with Crippen molar-refractivity contribution >= 4 is 5.91 Å². The lowest BCUT2D eigenvalue weighted by atomic mass is 9.76. The number of hydrogen-bond donors (Lipinski definition) is 2. The molecular formula is C16H32N2O2. The summed E-state index contributed by atoms with van der Waals surface area (Å²) in [5, 5.41) is 3.13. The molecule has 1 aliphatic rings. The highest BCUT2D eigenvalue weighted by molar-refractivity contribution is 5.76. The number of hydrogen-bond acceptors (Lipinski definition) is 3. The van der Waals surface area contributed by atoms with Crippen molar-refractivity contribution in [3.8, 4) is 0 Å². The van der Waals surface area contributed by atoms with E-state index in [-0.39, 0.29) is 23.5 Å². The third-order valence-electron chi connectivity index (χ3n) is 4.56. The maximum atomic E-state index is 12.1. The number of nitrogens with two attached hydrogens (primary N) is 1. The van der Waals surface area contributed by atoms with Gasteiger partial charge in [-0.05, 0) is 50.0 Å². The fourth-order valence-electron chi connectivity index (χ4n) is 3.17. The predicted molar refractivity (Wildman–Crippen MR) is 82.4 cm³/mol. The average Bonchev–Trinajstić information content (AvgIpc) is 2.80. The van der Waals surface area contributed by atoms with Gasteiger partial charge in [0.1, 0.15) is 0 Å². The van der Waals surface area contributed by atoms with Gasteiger partial charge in [-0.15, -0.1) is 0 Å². The summed E-state index contributed by atoms with van der Waals surface area (Å²) >= 11 is 0. The lowest BCUT2D eigenvalue weighted by molar-refractivity contribution is -0.123. The standard InChI is InChI=1S/C16H32N2O2/c1-16(2,3)12(10-11-17)8-9-15(19)18-13-6-5-7-14(13)20-4/h12-14H,5-11,17H2,1-4H3,(H,18,19). The van der Waals surface area contributed by atoms with Crippen LogP contribution in [0.1, 0.15) is 59.3 Å². The van der Waals surface area contributed by atoms with Gasteiger partial charge < -0.3 is 15.8 Å². The Morgan fingerprint density at radius 3 is 2.60 bits per heavy atom. The third kappa shape index (κ3) is 5.41. The Hall–Kier alpha value is -0.610. The van der Waals surface area contributed by atoms with Crippen molar-refractivity contribution in [2.45, 2.75) is 71.4 Å². The fraction of sp³-hybridized carbons (Fsp3) is 0.938. The van der Waals surface area contributed by atoms with Gasteiger partial charge in [0, 0.05) is 13.5 Å². The summed E-state index contributed by atoms with van der Waals surface area (Å²) in [5.74, 6) is 0.658. The Balaban J connectivity index is 2.38. The highest BCUT2D eigenvalue weighted by Gasteiger charge is 2.29. The van der Waals surface area contributed by atoms with E-state index in [2.05, 4.69) is 26.1 Å². The first-order chi connectivity index (χ1) is 9.38. The molecule has 118 valence electrons. The molecular weight excluding hydrogens is 252 g/mol. The molecule has 1 amide bonds. The number of amides is 1. The molecule has 0 aromatic heterocycles. The van der Waals surface area contributed by atoms with Crippen LogP contribution in [0.4, 0.5) is 0 Å². The van der Waals surface area contributed by atoms with E-state index in [1.807, 2.05) is 0 Å². The van der Waals surface area contributed by atoms with E-state index in [1.165, 1.54) is 0 Å². The number of nitrogens with one attached hydrogen (secondary N) is 1. The van der Waals surface area contributed by atoms with Crippen molar-refractivity contribution < 1.29 is 9.53 Å². The Kier molecular flexibility index (Phi) is 6.96. The molecule has 0 spiro atoms. The van der Waals surface area contributed by atoms with Crippen LogP contribution in [0.5, 0.6) is 0 Å². The fourth-order valence-corrected chi connectivity index (χ4v) is 3.17. The molecule has 1 fully saturated rings. The van der Waals surface area contributed by atoms with Gasteiger partial charge in [-0.3, -0.25) is 4.79 Å². The van der Waals surface area contributed by atoms with Crippen LogP contribution in [0.3, 0.4) is 0 Å². The van der Waals surface area contributed by atoms with Crippen LogP contribution in [-0.4, -0.2) is 31.7 Å². The number of carbonyl (C=O) groups excluding carboxylic acids is 1. The van der Waals surface area contributed by atoms with Crippen molar-refractivity contribution in [2.24, 2.45) is 17.1 Å². The minimum absolute atomic E-state index is 0.158. The lowest BCUT2D eigenvalue weighted by Gasteiger charge is -2.30. The van der Waals surface area contributed by atoms with Gasteiger partial charge >= 0.3 is 0 Å². The number of rotatable bonds is 7. The van der Waals surface area contributed by atoms with Gasteiger partial charge in [0.05, 0.1) is 12.1 Å². The Morgan fingerprint density at radius 1 is 1.35 bits per heavy atom. The molecule has 4 nitrogen and oxygen atoms in total. The maximum Gasteiger partial charge on any atom is 0.220 e. The molecule has 3 atom stereocenters. The summed E-state index contributed by atoms with van der Waals surface area (Å²) in [4.78, 5) is 12.1. The predicted octanol–water partition coefficient (Wildman–Crippen LogP) is 2.46. The van der Waals surface area contributed by atoms with Crippen LogP contribution in [0.2, 0.25) is 0 Å². The molecule has 3 unspecified atom stereocenters. The van der Waals surface area contributed by atoms with E-state index < -0.39 is 0 Å². The van der Waals surface area contributed by atoms with Gasteiger partial charge in [0.2, 0.25) is 5.91 Å². The topological polar surface area (TPSA) is 64.3 Å². The summed E-state index contributed by atoms with van der Waals surface area (Å²) in [6.07, 6.45) is 5.92. The van der Waals surface area contributed by atoms with Crippen LogP contribution in [0.25, 0.3) is 0 Å². The summed E-state index contributed by atoms with van der Waals surface area (Å²) in [5.41, 5.74) is 5.89. The summed E-state index contributed by atoms with van der Waals surface area (Å²) in [6, 6.07) is 0.204. The SMILES string of the molecule is COC1CCCC1NC(=O)CCC(CCN)C(C)(C)C. The van der Waals surface area contributed by atoms with E-state index in [9.17, 15) is 4.79 Å². The van der Waals surface area contributed by atoms with Gasteiger partial charge in [-0.2, -0.15) is 0 Å². The minimum Gasteiger partial charge on any atom is -0.379 e. The number of methoxy groups -OCH3 is 1. The zero-order valence-corrected chi connectivity index (χ0v) is 13.6. The summed E-state index contributed by atoms with van der Waals surface area (Å²) in [6.45, 7) is 7.37. The van der Waals surface area contributed by atoms with Crippen LogP contribution >= 0.6 is 0 Å². The first-order valence-electron chi connectivity index (χ1n) is 7.90. The second kappa shape index (κ2) is 7.99. The van der Waals surface area contributed by atoms with Crippen LogP contribution in [0, 0.1) is 11.3 Å². The molecule has 1 saturated carbocycles. The first-order valence-corrected chi connectivity index (χ1v) is 7.90. The summed E-state index contributed by atoms with van der Waals surface area (Å²) in [7, 11) is 1.73. The smallest absolute Gasteiger partial charge is 0.220 e. The van der Waals surface area contributed by atoms with E-state index >= 15 is 0 Å². The average molecular weight is 284 g/mol. The van der Waals surface area contributed by atoms with Gasteiger partial charge in [-0.25, -0.2) is 0 Å². The Morgan fingerprint density at radius 2 is 2.05 bits per heavy atom. The maximum absolute atomic E-state index is 12.1. The van der Waals surface area contributed by atoms with Crippen LogP contribution in [-0.2, 0) is 9.53 Å². The van der Waals surface area contributed by atoms with Crippen molar-refractivity contribution in [1.82, 2.24) is 5.32 Å². The van der Waals surface area contributed by atoms with Crippen LogP contribution in [0.15, 0.2) is 0 Å². The zero-order valence-electron chi connectivity index (χ0n) is 13.6. The molecule has 4 heteroatoms. The molecule has 0 aliphatic heterocycles. The van der Waals surface area contributed by atoms with Crippen molar-refractivity contribution in [2.75, 3.05) is 13.7 Å². The highest BCUT2D eigenvalue weighted by Crippen LogP contribution is 2.32. The van der Waals surface area contributed by atoms with Crippen molar-refractivity contribution in [3.63, 3.8) is 0 Å². The number of ether oxygens (including phenoxy) is 1. The van der Waals surface area contributed by atoms with Crippen molar-refractivity contribution in [1.29, 1.82) is 0 Å². The highest BCUT2D eigenvalue weighted by atomic mass is 16.5.